The third-order valence-electron chi connectivity index (χ3n) is 1.53. The van der Waals surface area contributed by atoms with Gasteiger partial charge in [-0.25, -0.2) is 8.42 Å². The standard InChI is InChI=1S/C7H10ClF3INO2S/c1-2-3-13(5-6(12)4-8)16(14,15)7(9,10)11/h2,6H,1,3-5H2. The van der Waals surface area contributed by atoms with Gasteiger partial charge in [0, 0.05) is 22.9 Å². The SMILES string of the molecule is C=CCN(CC(I)CCl)S(=O)(=O)C(F)(F)F. The second kappa shape index (κ2) is 6.41. The molecule has 1 atom stereocenters. The highest BCUT2D eigenvalue weighted by atomic mass is 127. The fraction of sp³-hybridized carbons (Fsp3) is 0.714. The summed E-state index contributed by atoms with van der Waals surface area (Å²) in [4.78, 5) is 0. The molecule has 0 aliphatic heterocycles. The summed E-state index contributed by atoms with van der Waals surface area (Å²) in [6.07, 6.45) is 1.10. The monoisotopic (exact) mass is 391 g/mol. The molecule has 0 saturated heterocycles. The largest absolute Gasteiger partial charge is 0.511 e. The van der Waals surface area contributed by atoms with Crippen molar-refractivity contribution >= 4 is 44.2 Å². The highest BCUT2D eigenvalue weighted by Crippen LogP contribution is 2.27. The van der Waals surface area contributed by atoms with Gasteiger partial charge in [-0.05, 0) is 0 Å². The van der Waals surface area contributed by atoms with E-state index in [4.69, 9.17) is 11.6 Å². The van der Waals surface area contributed by atoms with Crippen LogP contribution in [0.4, 0.5) is 13.2 Å². The van der Waals surface area contributed by atoms with Gasteiger partial charge < -0.3 is 0 Å². The predicted molar refractivity (Wildman–Crippen MR) is 65.3 cm³/mol. The second-order valence-corrected chi connectivity index (χ2v) is 6.81. The van der Waals surface area contributed by atoms with Crippen LogP contribution < -0.4 is 0 Å². The van der Waals surface area contributed by atoms with Crippen molar-refractivity contribution in [3.8, 4) is 0 Å². The quantitative estimate of drug-likeness (QED) is 0.396. The maximum absolute atomic E-state index is 12.3. The Hall–Kier alpha value is 0.460. The van der Waals surface area contributed by atoms with Gasteiger partial charge in [0.15, 0.2) is 0 Å². The average molecular weight is 392 g/mol. The highest BCUT2D eigenvalue weighted by molar-refractivity contribution is 14.1. The van der Waals surface area contributed by atoms with Gasteiger partial charge in [-0.2, -0.15) is 17.5 Å². The first-order chi connectivity index (χ1) is 7.16. The topological polar surface area (TPSA) is 37.4 Å². The van der Waals surface area contributed by atoms with Crippen molar-refractivity contribution < 1.29 is 21.6 Å². The first-order valence-corrected chi connectivity index (χ1v) is 7.26. The predicted octanol–water partition coefficient (Wildman–Crippen LogP) is 2.37. The highest BCUT2D eigenvalue weighted by Gasteiger charge is 2.49. The second-order valence-electron chi connectivity index (χ2n) is 2.81. The Bertz CT molecular complexity index is 333. The number of halogens is 5. The first-order valence-electron chi connectivity index (χ1n) is 4.04. The van der Waals surface area contributed by atoms with Crippen molar-refractivity contribution in [3.63, 3.8) is 0 Å². The van der Waals surface area contributed by atoms with Crippen molar-refractivity contribution in [2.75, 3.05) is 19.0 Å². The van der Waals surface area contributed by atoms with Gasteiger partial charge in [-0.1, -0.05) is 28.7 Å². The Kier molecular flexibility index (Phi) is 6.59. The van der Waals surface area contributed by atoms with Crippen LogP contribution in [-0.4, -0.2) is 41.1 Å². The molecule has 9 heteroatoms. The Morgan fingerprint density at radius 2 is 2.00 bits per heavy atom. The average Bonchev–Trinajstić information content (AvgIpc) is 2.15. The van der Waals surface area contributed by atoms with Crippen LogP contribution in [0.2, 0.25) is 0 Å². The van der Waals surface area contributed by atoms with Crippen molar-refractivity contribution in [2.45, 2.75) is 9.43 Å². The Balaban J connectivity index is 4.99. The fourth-order valence-corrected chi connectivity index (χ4v) is 2.64. The first kappa shape index (κ1) is 16.5. The molecule has 0 heterocycles. The van der Waals surface area contributed by atoms with Gasteiger partial charge in [0.2, 0.25) is 0 Å². The van der Waals surface area contributed by atoms with Gasteiger partial charge >= 0.3 is 15.5 Å². The van der Waals surface area contributed by atoms with Gasteiger partial charge in [0.1, 0.15) is 0 Å². The normalized spacial score (nSPS) is 15.1. The van der Waals surface area contributed by atoms with Crippen LogP contribution in [-0.2, 0) is 10.0 Å². The van der Waals surface area contributed by atoms with Gasteiger partial charge in [-0.15, -0.1) is 18.2 Å². The zero-order valence-electron chi connectivity index (χ0n) is 8.04. The molecule has 96 valence electrons. The Labute approximate surface area is 111 Å². The van der Waals surface area contributed by atoms with Gasteiger partial charge in [0.25, 0.3) is 0 Å². The van der Waals surface area contributed by atoms with Gasteiger partial charge in [0.05, 0.1) is 0 Å². The minimum atomic E-state index is -5.31. The zero-order chi connectivity index (χ0) is 13.0. The molecular weight excluding hydrogens is 382 g/mol. The lowest BCUT2D eigenvalue weighted by Gasteiger charge is -2.23. The molecule has 0 aliphatic rings. The van der Waals surface area contributed by atoms with Gasteiger partial charge in [-0.3, -0.25) is 0 Å². The molecule has 0 aromatic carbocycles. The third-order valence-corrected chi connectivity index (χ3v) is 4.82. The maximum Gasteiger partial charge on any atom is 0.511 e. The number of hydrogen-bond acceptors (Lipinski definition) is 2. The van der Waals surface area contributed by atoms with Crippen LogP contribution in [0, 0.1) is 0 Å². The van der Waals surface area contributed by atoms with E-state index in [0.717, 1.165) is 6.08 Å². The van der Waals surface area contributed by atoms with E-state index >= 15 is 0 Å². The minimum absolute atomic E-state index is 0.0710. The molecule has 0 fully saturated rings. The summed E-state index contributed by atoms with van der Waals surface area (Å²) in [5.74, 6) is 0.0710. The molecule has 0 amide bonds. The summed E-state index contributed by atoms with van der Waals surface area (Å²) >= 11 is 7.21. The van der Waals surface area contributed by atoms with Crippen molar-refractivity contribution in [3.05, 3.63) is 12.7 Å². The van der Waals surface area contributed by atoms with E-state index in [1.165, 1.54) is 0 Å². The molecule has 0 aliphatic carbocycles. The third kappa shape index (κ3) is 4.38. The summed E-state index contributed by atoms with van der Waals surface area (Å²) in [6, 6.07) is 0. The van der Waals surface area contributed by atoms with E-state index in [0.29, 0.717) is 4.31 Å². The van der Waals surface area contributed by atoms with Crippen LogP contribution in [0.3, 0.4) is 0 Å². The molecule has 0 rings (SSSR count). The molecule has 0 aromatic heterocycles. The van der Waals surface area contributed by atoms with Crippen LogP contribution >= 0.6 is 34.2 Å². The molecule has 16 heavy (non-hydrogen) atoms. The fourth-order valence-electron chi connectivity index (χ4n) is 0.831. The molecule has 0 saturated carbocycles. The smallest absolute Gasteiger partial charge is 0.203 e. The summed E-state index contributed by atoms with van der Waals surface area (Å²) in [7, 11) is -5.31. The molecule has 0 bridgehead atoms. The Morgan fingerprint density at radius 1 is 1.50 bits per heavy atom. The lowest BCUT2D eigenvalue weighted by molar-refractivity contribution is -0.0485. The van der Waals surface area contributed by atoms with Crippen LogP contribution in [0.5, 0.6) is 0 Å². The summed E-state index contributed by atoms with van der Waals surface area (Å²) < 4.78 is 58.9. The van der Waals surface area contributed by atoms with E-state index < -0.39 is 26.0 Å². The van der Waals surface area contributed by atoms with Crippen LogP contribution in [0.15, 0.2) is 12.7 Å². The number of rotatable bonds is 6. The lowest BCUT2D eigenvalue weighted by Crippen LogP contribution is -2.43. The number of hydrogen-bond donors (Lipinski definition) is 0. The van der Waals surface area contributed by atoms with Crippen LogP contribution in [0.1, 0.15) is 0 Å². The van der Waals surface area contributed by atoms with Crippen LogP contribution in [0.25, 0.3) is 0 Å². The molecule has 0 radical (unpaired) electrons. The van der Waals surface area contributed by atoms with E-state index in [2.05, 4.69) is 6.58 Å². The Morgan fingerprint density at radius 3 is 2.31 bits per heavy atom. The van der Waals surface area contributed by atoms with E-state index in [-0.39, 0.29) is 12.4 Å². The van der Waals surface area contributed by atoms with E-state index in [9.17, 15) is 21.6 Å². The van der Waals surface area contributed by atoms with Crippen molar-refractivity contribution in [1.29, 1.82) is 0 Å². The summed E-state index contributed by atoms with van der Waals surface area (Å²) in [5, 5.41) is 0. The molecular formula is C7H10ClF3INO2S. The van der Waals surface area contributed by atoms with E-state index in [1.807, 2.05) is 0 Å². The lowest BCUT2D eigenvalue weighted by atomic mass is 10.4. The molecule has 0 aromatic rings. The van der Waals surface area contributed by atoms with Crippen molar-refractivity contribution in [1.82, 2.24) is 4.31 Å². The minimum Gasteiger partial charge on any atom is -0.203 e. The molecule has 1 unspecified atom stereocenters. The number of nitrogens with zero attached hydrogens (tertiary/aromatic N) is 1. The molecule has 0 N–H and O–H groups in total. The molecule has 3 nitrogen and oxygen atoms in total. The van der Waals surface area contributed by atoms with Crippen molar-refractivity contribution in [2.24, 2.45) is 0 Å². The maximum atomic E-state index is 12.3. The number of sulfonamides is 1. The zero-order valence-corrected chi connectivity index (χ0v) is 11.8. The van der Waals surface area contributed by atoms with E-state index in [1.54, 1.807) is 22.6 Å². The molecule has 0 spiro atoms. The summed E-state index contributed by atoms with van der Waals surface area (Å²) in [5.41, 5.74) is -5.29. The number of alkyl halides is 5. The summed E-state index contributed by atoms with van der Waals surface area (Å²) in [6.45, 7) is 2.54.